The molecule has 0 aliphatic rings. The predicted octanol–water partition coefficient (Wildman–Crippen LogP) is 2.98. The van der Waals surface area contributed by atoms with Gasteiger partial charge in [-0.3, -0.25) is 0 Å². The highest BCUT2D eigenvalue weighted by atomic mass is 16.5. The molecule has 2 rings (SSSR count). The summed E-state index contributed by atoms with van der Waals surface area (Å²) < 4.78 is 16.2. The summed E-state index contributed by atoms with van der Waals surface area (Å²) in [5.74, 6) is 0.641. The first kappa shape index (κ1) is 14.7. The maximum atomic E-state index is 10.9. The van der Waals surface area contributed by atoms with E-state index in [2.05, 4.69) is 0 Å². The molecular weight excluding hydrogens is 272 g/mol. The first-order valence-electron chi connectivity index (χ1n) is 6.31. The second-order valence-corrected chi connectivity index (χ2v) is 4.29. The minimum atomic E-state index is -0.966. The molecule has 0 heterocycles. The van der Waals surface area contributed by atoms with Crippen LogP contribution in [0.2, 0.25) is 0 Å². The van der Waals surface area contributed by atoms with Gasteiger partial charge in [-0.25, -0.2) is 4.79 Å². The molecule has 0 fully saturated rings. The highest BCUT2D eigenvalue weighted by Crippen LogP contribution is 2.37. The van der Waals surface area contributed by atoms with E-state index in [9.17, 15) is 4.79 Å². The molecule has 5 heteroatoms. The number of hydrogen-bond acceptors (Lipinski definition) is 4. The van der Waals surface area contributed by atoms with Gasteiger partial charge in [0, 0.05) is 0 Å². The number of methoxy groups -OCH3 is 2. The predicted molar refractivity (Wildman–Crippen MR) is 77.3 cm³/mol. The Morgan fingerprint density at radius 2 is 1.67 bits per heavy atom. The molecule has 0 spiro atoms. The summed E-state index contributed by atoms with van der Waals surface area (Å²) in [6.45, 7) is 0.220. The Bertz CT molecular complexity index is 614. The van der Waals surface area contributed by atoms with Crippen molar-refractivity contribution in [1.29, 1.82) is 0 Å². The molecule has 0 aromatic heterocycles. The molecule has 0 bridgehead atoms. The second kappa shape index (κ2) is 6.65. The number of benzene rings is 2. The number of para-hydroxylation sites is 1. The molecule has 0 saturated heterocycles. The number of carboxylic acid groups (broad SMARTS) is 1. The SMILES string of the molecule is COc1cccc(OC)c1OCc1cccc(C(=O)O)c1. The average molecular weight is 288 g/mol. The molecule has 2 aromatic carbocycles. The summed E-state index contributed by atoms with van der Waals surface area (Å²) in [6.07, 6.45) is 0. The Labute approximate surface area is 122 Å². The van der Waals surface area contributed by atoms with Gasteiger partial charge in [0.2, 0.25) is 5.75 Å². The van der Waals surface area contributed by atoms with Crippen LogP contribution in [0.5, 0.6) is 17.2 Å². The molecule has 21 heavy (non-hydrogen) atoms. The van der Waals surface area contributed by atoms with Gasteiger partial charge in [0.05, 0.1) is 19.8 Å². The van der Waals surface area contributed by atoms with Crippen LogP contribution in [0.3, 0.4) is 0 Å². The van der Waals surface area contributed by atoms with Gasteiger partial charge in [-0.2, -0.15) is 0 Å². The van der Waals surface area contributed by atoms with Crippen molar-refractivity contribution in [3.63, 3.8) is 0 Å². The topological polar surface area (TPSA) is 65.0 Å². The van der Waals surface area contributed by atoms with Gasteiger partial charge in [0.15, 0.2) is 11.5 Å². The van der Waals surface area contributed by atoms with E-state index in [1.54, 1.807) is 50.6 Å². The summed E-state index contributed by atoms with van der Waals surface area (Å²) in [6, 6.07) is 11.9. The van der Waals surface area contributed by atoms with Crippen molar-refractivity contribution < 1.29 is 24.1 Å². The fourth-order valence-corrected chi connectivity index (χ4v) is 1.91. The van der Waals surface area contributed by atoms with Crippen molar-refractivity contribution >= 4 is 5.97 Å². The zero-order valence-electron chi connectivity index (χ0n) is 11.8. The molecule has 0 atom stereocenters. The van der Waals surface area contributed by atoms with E-state index < -0.39 is 5.97 Å². The van der Waals surface area contributed by atoms with Crippen LogP contribution < -0.4 is 14.2 Å². The molecule has 0 radical (unpaired) electrons. The zero-order chi connectivity index (χ0) is 15.2. The average Bonchev–Trinajstić information content (AvgIpc) is 2.52. The Balaban J connectivity index is 2.20. The summed E-state index contributed by atoms with van der Waals surface area (Å²) in [4.78, 5) is 10.9. The molecule has 0 aliphatic heterocycles. The van der Waals surface area contributed by atoms with Crippen LogP contribution in [-0.4, -0.2) is 25.3 Å². The van der Waals surface area contributed by atoms with Gasteiger partial charge >= 0.3 is 5.97 Å². The molecule has 0 unspecified atom stereocenters. The highest BCUT2D eigenvalue weighted by Gasteiger charge is 2.12. The standard InChI is InChI=1S/C16H16O5/c1-19-13-7-4-8-14(20-2)15(13)21-10-11-5-3-6-12(9-11)16(17)18/h3-9H,10H2,1-2H3,(H,17,18). The van der Waals surface area contributed by atoms with E-state index in [1.807, 2.05) is 0 Å². The number of rotatable bonds is 6. The third kappa shape index (κ3) is 3.45. The number of ether oxygens (including phenoxy) is 3. The quantitative estimate of drug-likeness (QED) is 0.885. The summed E-state index contributed by atoms with van der Waals surface area (Å²) >= 11 is 0. The monoisotopic (exact) mass is 288 g/mol. The van der Waals surface area contributed by atoms with E-state index in [4.69, 9.17) is 19.3 Å². The zero-order valence-corrected chi connectivity index (χ0v) is 11.8. The van der Waals surface area contributed by atoms with Gasteiger partial charge < -0.3 is 19.3 Å². The molecular formula is C16H16O5. The van der Waals surface area contributed by atoms with Crippen LogP contribution in [0.15, 0.2) is 42.5 Å². The summed E-state index contributed by atoms with van der Waals surface area (Å²) in [5.41, 5.74) is 0.978. The van der Waals surface area contributed by atoms with Gasteiger partial charge in [0.25, 0.3) is 0 Å². The normalized spacial score (nSPS) is 10.0. The van der Waals surface area contributed by atoms with Gasteiger partial charge in [-0.05, 0) is 29.8 Å². The summed E-state index contributed by atoms with van der Waals surface area (Å²) in [5, 5.41) is 8.98. The van der Waals surface area contributed by atoms with Gasteiger partial charge in [0.1, 0.15) is 6.61 Å². The van der Waals surface area contributed by atoms with Crippen molar-refractivity contribution in [3.05, 3.63) is 53.6 Å². The lowest BCUT2D eigenvalue weighted by molar-refractivity contribution is 0.0696. The molecule has 0 aliphatic carbocycles. The van der Waals surface area contributed by atoms with E-state index >= 15 is 0 Å². The minimum Gasteiger partial charge on any atom is -0.493 e. The van der Waals surface area contributed by atoms with Crippen molar-refractivity contribution in [2.45, 2.75) is 6.61 Å². The van der Waals surface area contributed by atoms with Crippen LogP contribution in [0, 0.1) is 0 Å². The maximum Gasteiger partial charge on any atom is 0.335 e. The maximum absolute atomic E-state index is 10.9. The molecule has 1 N–H and O–H groups in total. The number of hydrogen-bond donors (Lipinski definition) is 1. The van der Waals surface area contributed by atoms with Crippen molar-refractivity contribution in [2.75, 3.05) is 14.2 Å². The molecule has 0 saturated carbocycles. The first-order valence-corrected chi connectivity index (χ1v) is 6.31. The molecule has 2 aromatic rings. The van der Waals surface area contributed by atoms with Crippen LogP contribution in [-0.2, 0) is 6.61 Å². The van der Waals surface area contributed by atoms with Crippen LogP contribution >= 0.6 is 0 Å². The van der Waals surface area contributed by atoms with Crippen LogP contribution in [0.4, 0.5) is 0 Å². The molecule has 0 amide bonds. The largest absolute Gasteiger partial charge is 0.493 e. The lowest BCUT2D eigenvalue weighted by atomic mass is 10.1. The Morgan fingerprint density at radius 3 is 2.24 bits per heavy atom. The Hall–Kier alpha value is -2.69. The number of carboxylic acids is 1. The van der Waals surface area contributed by atoms with E-state index in [0.29, 0.717) is 17.2 Å². The summed E-state index contributed by atoms with van der Waals surface area (Å²) in [7, 11) is 3.10. The molecule has 110 valence electrons. The van der Waals surface area contributed by atoms with Crippen molar-refractivity contribution in [1.82, 2.24) is 0 Å². The number of carbonyl (C=O) groups is 1. The van der Waals surface area contributed by atoms with Crippen LogP contribution in [0.1, 0.15) is 15.9 Å². The van der Waals surface area contributed by atoms with Gasteiger partial charge in [-0.1, -0.05) is 18.2 Å². The third-order valence-electron chi connectivity index (χ3n) is 2.94. The van der Waals surface area contributed by atoms with E-state index in [-0.39, 0.29) is 12.2 Å². The smallest absolute Gasteiger partial charge is 0.335 e. The second-order valence-electron chi connectivity index (χ2n) is 4.29. The Morgan fingerprint density at radius 1 is 1.05 bits per heavy atom. The van der Waals surface area contributed by atoms with Gasteiger partial charge in [-0.15, -0.1) is 0 Å². The van der Waals surface area contributed by atoms with Crippen LogP contribution in [0.25, 0.3) is 0 Å². The number of aromatic carboxylic acids is 1. The third-order valence-corrected chi connectivity index (χ3v) is 2.94. The minimum absolute atomic E-state index is 0.220. The first-order chi connectivity index (χ1) is 10.2. The van der Waals surface area contributed by atoms with E-state index in [1.165, 1.54) is 6.07 Å². The molecule has 5 nitrogen and oxygen atoms in total. The Kier molecular flexibility index (Phi) is 4.66. The lowest BCUT2D eigenvalue weighted by Gasteiger charge is -2.14. The highest BCUT2D eigenvalue weighted by molar-refractivity contribution is 5.87. The van der Waals surface area contributed by atoms with Crippen molar-refractivity contribution in [2.24, 2.45) is 0 Å². The van der Waals surface area contributed by atoms with E-state index in [0.717, 1.165) is 5.56 Å². The fraction of sp³-hybridized carbons (Fsp3) is 0.188. The lowest BCUT2D eigenvalue weighted by Crippen LogP contribution is -2.02. The van der Waals surface area contributed by atoms with Crippen molar-refractivity contribution in [3.8, 4) is 17.2 Å². The fourth-order valence-electron chi connectivity index (χ4n) is 1.91.